The first-order valence-electron chi connectivity index (χ1n) is 10.3. The number of nitrogens with zero attached hydrogens (tertiary/aromatic N) is 3. The number of amides is 1. The van der Waals surface area contributed by atoms with Gasteiger partial charge in [0.1, 0.15) is 0 Å². The van der Waals surface area contributed by atoms with Crippen molar-refractivity contribution in [1.29, 1.82) is 0 Å². The topological polar surface area (TPSA) is 79.4 Å². The van der Waals surface area contributed by atoms with Crippen LogP contribution in [0.4, 0.5) is 5.95 Å². The van der Waals surface area contributed by atoms with Crippen molar-refractivity contribution in [1.82, 2.24) is 20.2 Å². The van der Waals surface area contributed by atoms with Gasteiger partial charge in [-0.1, -0.05) is 12.1 Å². The van der Waals surface area contributed by atoms with Crippen molar-refractivity contribution >= 4 is 22.8 Å². The van der Waals surface area contributed by atoms with Gasteiger partial charge in [0.2, 0.25) is 5.95 Å². The molecule has 1 amide bonds. The summed E-state index contributed by atoms with van der Waals surface area (Å²) in [6.45, 7) is 7.36. The van der Waals surface area contributed by atoms with Gasteiger partial charge >= 0.3 is 0 Å². The molecule has 0 atom stereocenters. The summed E-state index contributed by atoms with van der Waals surface area (Å²) in [5, 5.41) is 6.96. The van der Waals surface area contributed by atoms with Gasteiger partial charge in [-0.15, -0.1) is 0 Å². The number of rotatable bonds is 6. The van der Waals surface area contributed by atoms with E-state index in [2.05, 4.69) is 31.6 Å². The summed E-state index contributed by atoms with van der Waals surface area (Å²) in [4.78, 5) is 23.5. The van der Waals surface area contributed by atoms with E-state index in [4.69, 9.17) is 4.74 Å². The van der Waals surface area contributed by atoms with Gasteiger partial charge in [-0.2, -0.15) is 0 Å². The number of carbonyl (C=O) groups excluding carboxylic acids is 1. The van der Waals surface area contributed by atoms with Crippen molar-refractivity contribution in [3.8, 4) is 11.1 Å². The number of aromatic nitrogens is 2. The van der Waals surface area contributed by atoms with Crippen molar-refractivity contribution in [3.05, 3.63) is 53.7 Å². The monoisotopic (exact) mass is 405 g/mol. The first kappa shape index (κ1) is 20.3. The van der Waals surface area contributed by atoms with Gasteiger partial charge in [-0.05, 0) is 47.9 Å². The molecular formula is C23H27N5O2. The molecule has 7 nitrogen and oxygen atoms in total. The molecule has 1 saturated heterocycles. The van der Waals surface area contributed by atoms with Crippen LogP contribution in [-0.4, -0.2) is 67.2 Å². The zero-order valence-electron chi connectivity index (χ0n) is 17.4. The molecule has 0 bridgehead atoms. The number of nitrogens with one attached hydrogen (secondary N) is 2. The van der Waals surface area contributed by atoms with Crippen molar-refractivity contribution in [3.63, 3.8) is 0 Å². The summed E-state index contributed by atoms with van der Waals surface area (Å²) in [7, 11) is 1.64. The Morgan fingerprint density at radius 3 is 2.80 bits per heavy atom. The minimum atomic E-state index is -0.0897. The van der Waals surface area contributed by atoms with Crippen LogP contribution in [0.2, 0.25) is 0 Å². The Morgan fingerprint density at radius 1 is 1.17 bits per heavy atom. The van der Waals surface area contributed by atoms with E-state index < -0.39 is 0 Å². The highest BCUT2D eigenvalue weighted by atomic mass is 16.5. The summed E-state index contributed by atoms with van der Waals surface area (Å²) in [5.74, 6) is 0.550. The van der Waals surface area contributed by atoms with E-state index in [1.165, 1.54) is 0 Å². The second-order valence-electron chi connectivity index (χ2n) is 7.46. The Hall–Kier alpha value is -3.03. The molecule has 1 aliphatic heterocycles. The lowest BCUT2D eigenvalue weighted by molar-refractivity contribution is 0.0398. The number of fused-ring (bicyclic) bond motifs is 1. The molecule has 0 spiro atoms. The van der Waals surface area contributed by atoms with Crippen LogP contribution in [0.25, 0.3) is 22.0 Å². The molecule has 4 rings (SSSR count). The van der Waals surface area contributed by atoms with Gasteiger partial charge in [0, 0.05) is 50.4 Å². The highest BCUT2D eigenvalue weighted by Crippen LogP contribution is 2.27. The molecule has 7 heteroatoms. The Labute approximate surface area is 176 Å². The van der Waals surface area contributed by atoms with Crippen molar-refractivity contribution in [2.45, 2.75) is 6.92 Å². The molecule has 30 heavy (non-hydrogen) atoms. The molecule has 0 saturated carbocycles. The number of anilines is 1. The van der Waals surface area contributed by atoms with Crippen LogP contribution in [0, 0.1) is 6.92 Å². The number of hydrogen-bond acceptors (Lipinski definition) is 6. The van der Waals surface area contributed by atoms with Gasteiger partial charge in [0.05, 0.1) is 18.7 Å². The molecule has 2 aromatic carbocycles. The first-order valence-corrected chi connectivity index (χ1v) is 10.3. The molecule has 0 radical (unpaired) electrons. The van der Waals surface area contributed by atoms with E-state index in [9.17, 15) is 4.79 Å². The Balaban J connectivity index is 1.50. The van der Waals surface area contributed by atoms with Crippen molar-refractivity contribution in [2.75, 3.05) is 51.8 Å². The van der Waals surface area contributed by atoms with Crippen molar-refractivity contribution in [2.24, 2.45) is 0 Å². The minimum Gasteiger partial charge on any atom is -0.379 e. The second-order valence-corrected chi connectivity index (χ2v) is 7.46. The summed E-state index contributed by atoms with van der Waals surface area (Å²) < 4.78 is 5.38. The predicted octanol–water partition coefficient (Wildman–Crippen LogP) is 2.71. The number of morpholine rings is 1. The molecular weight excluding hydrogens is 378 g/mol. The van der Waals surface area contributed by atoms with Gasteiger partial charge in [-0.3, -0.25) is 9.69 Å². The fourth-order valence-corrected chi connectivity index (χ4v) is 3.66. The molecule has 0 unspecified atom stereocenters. The lowest BCUT2D eigenvalue weighted by Gasteiger charge is -2.26. The number of carbonyl (C=O) groups is 1. The first-order chi connectivity index (χ1) is 14.6. The molecule has 156 valence electrons. The third-order valence-electron chi connectivity index (χ3n) is 5.43. The van der Waals surface area contributed by atoms with Crippen LogP contribution in [0.15, 0.2) is 42.6 Å². The second kappa shape index (κ2) is 9.19. The third-order valence-corrected chi connectivity index (χ3v) is 5.43. The smallest absolute Gasteiger partial charge is 0.251 e. The van der Waals surface area contributed by atoms with Gasteiger partial charge in [0.15, 0.2) is 0 Å². The summed E-state index contributed by atoms with van der Waals surface area (Å²) >= 11 is 0. The average molecular weight is 406 g/mol. The Morgan fingerprint density at radius 2 is 2.00 bits per heavy atom. The summed E-state index contributed by atoms with van der Waals surface area (Å²) in [6, 6.07) is 11.9. The Bertz CT molecular complexity index is 1050. The zero-order chi connectivity index (χ0) is 20.9. The maximum absolute atomic E-state index is 12.0. The molecule has 3 aromatic rings. The van der Waals surface area contributed by atoms with Crippen LogP contribution in [0.5, 0.6) is 0 Å². The van der Waals surface area contributed by atoms with E-state index in [1.807, 2.05) is 43.5 Å². The highest BCUT2D eigenvalue weighted by Gasteiger charge is 2.11. The fourth-order valence-electron chi connectivity index (χ4n) is 3.66. The number of ether oxygens (including phenoxy) is 1. The lowest BCUT2D eigenvalue weighted by atomic mass is 9.97. The maximum Gasteiger partial charge on any atom is 0.251 e. The summed E-state index contributed by atoms with van der Waals surface area (Å²) in [5.41, 5.74) is 4.73. The summed E-state index contributed by atoms with van der Waals surface area (Å²) in [6.07, 6.45) is 1.85. The van der Waals surface area contributed by atoms with E-state index >= 15 is 0 Å². The van der Waals surface area contributed by atoms with Gasteiger partial charge in [0.25, 0.3) is 5.91 Å². The number of aryl methyl sites for hydroxylation is 1. The maximum atomic E-state index is 12.0. The molecule has 2 N–H and O–H groups in total. The highest BCUT2D eigenvalue weighted by molar-refractivity contribution is 5.96. The molecule has 1 aliphatic rings. The number of hydrogen-bond donors (Lipinski definition) is 2. The number of benzene rings is 2. The minimum absolute atomic E-state index is 0.0897. The van der Waals surface area contributed by atoms with E-state index in [0.717, 1.165) is 67.0 Å². The lowest BCUT2D eigenvalue weighted by Crippen LogP contribution is -2.39. The SMILES string of the molecule is CNC(=O)c1ccc(C)c(-c2ccc3nc(NCCN4CCOCC4)ncc3c2)c1. The van der Waals surface area contributed by atoms with Crippen LogP contribution in [0.1, 0.15) is 15.9 Å². The van der Waals surface area contributed by atoms with E-state index in [0.29, 0.717) is 11.5 Å². The van der Waals surface area contributed by atoms with Crippen molar-refractivity contribution < 1.29 is 9.53 Å². The predicted molar refractivity (Wildman–Crippen MR) is 119 cm³/mol. The van der Waals surface area contributed by atoms with Crippen LogP contribution in [0.3, 0.4) is 0 Å². The molecule has 1 fully saturated rings. The quantitative estimate of drug-likeness (QED) is 0.657. The van der Waals surface area contributed by atoms with Crippen LogP contribution >= 0.6 is 0 Å². The van der Waals surface area contributed by atoms with E-state index in [1.54, 1.807) is 7.05 Å². The molecule has 2 heterocycles. The molecule has 0 aliphatic carbocycles. The average Bonchev–Trinajstić information content (AvgIpc) is 2.79. The van der Waals surface area contributed by atoms with Crippen LogP contribution in [-0.2, 0) is 4.74 Å². The normalized spacial score (nSPS) is 14.6. The largest absolute Gasteiger partial charge is 0.379 e. The van der Waals surface area contributed by atoms with Gasteiger partial charge < -0.3 is 15.4 Å². The Kier molecular flexibility index (Phi) is 6.21. The third kappa shape index (κ3) is 4.58. The molecule has 1 aromatic heterocycles. The van der Waals surface area contributed by atoms with Gasteiger partial charge in [-0.25, -0.2) is 9.97 Å². The van der Waals surface area contributed by atoms with Crippen LogP contribution < -0.4 is 10.6 Å². The van der Waals surface area contributed by atoms with E-state index in [-0.39, 0.29) is 5.91 Å². The standard InChI is InChI=1S/C23H27N5O2/c1-16-3-4-18(22(29)24-2)14-20(16)17-5-6-21-19(13-17)15-26-23(27-21)25-7-8-28-9-11-30-12-10-28/h3-6,13-15H,7-12H2,1-2H3,(H,24,29)(H,25,26,27). The zero-order valence-corrected chi connectivity index (χ0v) is 17.4. The fraction of sp³-hybridized carbons (Fsp3) is 0.348.